The lowest BCUT2D eigenvalue weighted by molar-refractivity contribution is -0.120. The average molecular weight is 376 g/mol. The second-order valence-electron chi connectivity index (χ2n) is 5.97. The highest BCUT2D eigenvalue weighted by Crippen LogP contribution is 2.24. The summed E-state index contributed by atoms with van der Waals surface area (Å²) < 4.78 is 32.7. The summed E-state index contributed by atoms with van der Waals surface area (Å²) in [5.74, 6) is 0.230. The molecule has 6 nitrogen and oxygen atoms in total. The van der Waals surface area contributed by atoms with Gasteiger partial charge >= 0.3 is 0 Å². The van der Waals surface area contributed by atoms with Crippen LogP contribution in [-0.2, 0) is 14.8 Å². The van der Waals surface area contributed by atoms with Gasteiger partial charge in [-0.25, -0.2) is 8.42 Å². The average Bonchev–Trinajstić information content (AvgIpc) is 2.60. The van der Waals surface area contributed by atoms with Crippen molar-refractivity contribution in [3.63, 3.8) is 0 Å². The highest BCUT2D eigenvalue weighted by molar-refractivity contribution is 7.92. The molecule has 0 aliphatic rings. The molecule has 0 radical (unpaired) electrons. The van der Waals surface area contributed by atoms with Gasteiger partial charge in [0, 0.05) is 6.04 Å². The smallest absolute Gasteiger partial charge is 0.264 e. The number of carbonyl (C=O) groups is 1. The van der Waals surface area contributed by atoms with Crippen molar-refractivity contribution < 1.29 is 17.9 Å². The lowest BCUT2D eigenvalue weighted by atomic mass is 10.3. The number of amides is 1. The van der Waals surface area contributed by atoms with Crippen LogP contribution in [0.1, 0.15) is 20.8 Å². The number of hydrogen-bond donors (Lipinski definition) is 1. The Morgan fingerprint density at radius 2 is 1.69 bits per heavy atom. The van der Waals surface area contributed by atoms with Gasteiger partial charge in [-0.05, 0) is 57.2 Å². The fourth-order valence-electron chi connectivity index (χ4n) is 2.41. The number of sulfonamides is 1. The van der Waals surface area contributed by atoms with Crippen molar-refractivity contribution in [1.82, 2.24) is 5.32 Å². The van der Waals surface area contributed by atoms with E-state index >= 15 is 0 Å². The number of anilines is 1. The number of nitrogens with zero attached hydrogens (tertiary/aromatic N) is 1. The molecule has 1 amide bonds. The normalized spacial score (nSPS) is 11.2. The number of nitrogens with one attached hydrogen (secondary N) is 1. The number of carbonyl (C=O) groups excluding carboxylic acids is 1. The molecule has 2 aromatic carbocycles. The van der Waals surface area contributed by atoms with E-state index < -0.39 is 10.0 Å². The maximum absolute atomic E-state index is 13.1. The summed E-state index contributed by atoms with van der Waals surface area (Å²) in [7, 11) is -3.90. The summed E-state index contributed by atoms with van der Waals surface area (Å²) >= 11 is 0. The van der Waals surface area contributed by atoms with Crippen molar-refractivity contribution in [2.24, 2.45) is 0 Å². The van der Waals surface area contributed by atoms with Crippen LogP contribution < -0.4 is 14.4 Å². The van der Waals surface area contributed by atoms with E-state index in [9.17, 15) is 13.2 Å². The molecule has 2 rings (SSSR count). The first-order valence-corrected chi connectivity index (χ1v) is 9.88. The van der Waals surface area contributed by atoms with E-state index in [-0.39, 0.29) is 23.4 Å². The minimum absolute atomic E-state index is 0.0756. The van der Waals surface area contributed by atoms with E-state index in [2.05, 4.69) is 5.32 Å². The third-order valence-electron chi connectivity index (χ3n) is 3.50. The van der Waals surface area contributed by atoms with Crippen LogP contribution in [0.15, 0.2) is 59.5 Å². The minimum atomic E-state index is -3.90. The van der Waals surface area contributed by atoms with E-state index in [1.165, 1.54) is 12.1 Å². The van der Waals surface area contributed by atoms with Gasteiger partial charge in [-0.2, -0.15) is 0 Å². The maximum Gasteiger partial charge on any atom is 0.264 e. The lowest BCUT2D eigenvalue weighted by Gasteiger charge is -2.24. The molecular weight excluding hydrogens is 352 g/mol. The molecule has 0 aliphatic heterocycles. The van der Waals surface area contributed by atoms with Gasteiger partial charge in [0.25, 0.3) is 10.0 Å². The molecule has 1 N–H and O–H groups in total. The first kappa shape index (κ1) is 19.8. The van der Waals surface area contributed by atoms with Crippen LogP contribution in [-0.4, -0.2) is 33.5 Å². The third-order valence-corrected chi connectivity index (χ3v) is 5.29. The van der Waals surface area contributed by atoms with Crippen LogP contribution in [0.3, 0.4) is 0 Å². The van der Waals surface area contributed by atoms with Gasteiger partial charge in [0.05, 0.1) is 17.2 Å². The molecule has 0 saturated carbocycles. The van der Waals surface area contributed by atoms with E-state index in [0.717, 1.165) is 4.31 Å². The fourth-order valence-corrected chi connectivity index (χ4v) is 3.83. The second kappa shape index (κ2) is 8.71. The molecule has 0 fully saturated rings. The van der Waals surface area contributed by atoms with E-state index in [0.29, 0.717) is 18.0 Å². The lowest BCUT2D eigenvalue weighted by Crippen LogP contribution is -2.42. The van der Waals surface area contributed by atoms with Crippen LogP contribution in [0.2, 0.25) is 0 Å². The zero-order valence-electron chi connectivity index (χ0n) is 15.2. The van der Waals surface area contributed by atoms with Gasteiger partial charge in [0.1, 0.15) is 12.3 Å². The van der Waals surface area contributed by atoms with Crippen molar-refractivity contribution in [2.75, 3.05) is 17.5 Å². The van der Waals surface area contributed by atoms with Gasteiger partial charge in [-0.3, -0.25) is 9.10 Å². The van der Waals surface area contributed by atoms with E-state index in [1.807, 2.05) is 20.8 Å². The van der Waals surface area contributed by atoms with Crippen LogP contribution >= 0.6 is 0 Å². The highest BCUT2D eigenvalue weighted by atomic mass is 32.2. The number of para-hydroxylation sites is 1. The Balaban J connectivity index is 2.37. The summed E-state index contributed by atoms with van der Waals surface area (Å²) in [5, 5.41) is 2.73. The quantitative estimate of drug-likeness (QED) is 0.769. The zero-order chi connectivity index (χ0) is 19.2. The molecule has 26 heavy (non-hydrogen) atoms. The summed E-state index contributed by atoms with van der Waals surface area (Å²) in [6.45, 7) is 5.71. The summed E-state index contributed by atoms with van der Waals surface area (Å²) in [6, 6.07) is 14.7. The monoisotopic (exact) mass is 376 g/mol. The van der Waals surface area contributed by atoms with Crippen LogP contribution in [0.5, 0.6) is 5.75 Å². The first-order valence-electron chi connectivity index (χ1n) is 8.44. The minimum Gasteiger partial charge on any atom is -0.494 e. The zero-order valence-corrected chi connectivity index (χ0v) is 16.0. The Bertz CT molecular complexity index is 818. The van der Waals surface area contributed by atoms with Gasteiger partial charge in [-0.1, -0.05) is 18.2 Å². The van der Waals surface area contributed by atoms with Crippen LogP contribution in [0, 0.1) is 0 Å². The summed E-state index contributed by atoms with van der Waals surface area (Å²) in [6.07, 6.45) is 0. The molecule has 0 saturated heterocycles. The molecule has 0 atom stereocenters. The Kier molecular flexibility index (Phi) is 6.63. The molecule has 7 heteroatoms. The van der Waals surface area contributed by atoms with Crippen LogP contribution in [0.25, 0.3) is 0 Å². The molecule has 0 aliphatic carbocycles. The Morgan fingerprint density at radius 3 is 2.23 bits per heavy atom. The van der Waals surface area contributed by atoms with E-state index in [4.69, 9.17) is 4.74 Å². The van der Waals surface area contributed by atoms with Crippen molar-refractivity contribution in [2.45, 2.75) is 31.7 Å². The number of benzene rings is 2. The van der Waals surface area contributed by atoms with Crippen molar-refractivity contribution in [1.29, 1.82) is 0 Å². The number of hydrogen-bond acceptors (Lipinski definition) is 4. The summed E-state index contributed by atoms with van der Waals surface area (Å²) in [4.78, 5) is 12.3. The highest BCUT2D eigenvalue weighted by Gasteiger charge is 2.27. The Labute approximate surface area is 154 Å². The maximum atomic E-state index is 13.1. The Morgan fingerprint density at radius 1 is 1.08 bits per heavy atom. The van der Waals surface area contributed by atoms with E-state index in [1.54, 1.807) is 42.5 Å². The predicted molar refractivity (Wildman–Crippen MR) is 102 cm³/mol. The SMILES string of the molecule is CCOc1ccc(S(=O)(=O)N(CC(=O)NC(C)C)c2ccccc2)cc1. The fraction of sp³-hybridized carbons (Fsp3) is 0.316. The van der Waals surface area contributed by atoms with Crippen molar-refractivity contribution in [3.8, 4) is 5.75 Å². The molecule has 0 bridgehead atoms. The topological polar surface area (TPSA) is 75.7 Å². The summed E-state index contributed by atoms with van der Waals surface area (Å²) in [5.41, 5.74) is 0.431. The van der Waals surface area contributed by atoms with Gasteiger partial charge in [0.2, 0.25) is 5.91 Å². The third kappa shape index (κ3) is 4.98. The molecule has 0 aromatic heterocycles. The molecule has 140 valence electrons. The molecule has 0 heterocycles. The second-order valence-corrected chi connectivity index (χ2v) is 7.84. The van der Waals surface area contributed by atoms with Gasteiger partial charge < -0.3 is 10.1 Å². The van der Waals surface area contributed by atoms with Gasteiger partial charge in [-0.15, -0.1) is 0 Å². The molecular formula is C19H24N2O4S. The molecule has 2 aromatic rings. The number of ether oxygens (including phenoxy) is 1. The number of rotatable bonds is 8. The Hall–Kier alpha value is -2.54. The first-order chi connectivity index (χ1) is 12.3. The standard InChI is InChI=1S/C19H24N2O4S/c1-4-25-17-10-12-18(13-11-17)26(23,24)21(14-19(22)20-15(2)3)16-8-6-5-7-9-16/h5-13,15H,4,14H2,1-3H3,(H,20,22). The van der Waals surface area contributed by atoms with Crippen molar-refractivity contribution in [3.05, 3.63) is 54.6 Å². The van der Waals surface area contributed by atoms with Gasteiger partial charge in [0.15, 0.2) is 0 Å². The van der Waals surface area contributed by atoms with Crippen molar-refractivity contribution >= 4 is 21.6 Å². The van der Waals surface area contributed by atoms with Crippen LogP contribution in [0.4, 0.5) is 5.69 Å². The largest absolute Gasteiger partial charge is 0.494 e. The predicted octanol–water partition coefficient (Wildman–Crippen LogP) is 2.81. The molecule has 0 spiro atoms. The molecule has 0 unspecified atom stereocenters.